The smallest absolute Gasteiger partial charge is 0.239 e. The molecule has 144 valence electrons. The second kappa shape index (κ2) is 10.6. The molecule has 2 amide bonds. The quantitative estimate of drug-likeness (QED) is 0.627. The first-order chi connectivity index (χ1) is 12.9. The van der Waals surface area contributed by atoms with Gasteiger partial charge in [-0.05, 0) is 55.8 Å². The molecule has 4 nitrogen and oxygen atoms in total. The number of carbonyl (C=O) groups excluding carboxylic acids is 2. The van der Waals surface area contributed by atoms with Crippen LogP contribution >= 0.6 is 35.0 Å². The Hall–Kier alpha value is -1.69. The molecular formula is C20H22Cl2N2O2S. The standard InChI is InChI=1S/C20H22Cl2N2O2S/c1-3-24(13-19(25)23-12-15-4-6-16(21)7-5-15)20(26)14(2)27-18-10-8-17(22)9-11-18/h4-11,14H,3,12-13H2,1-2H3,(H,23,25). The largest absolute Gasteiger partial charge is 0.350 e. The minimum absolute atomic E-state index is 0.0362. The second-order valence-corrected chi connectivity index (χ2v) is 8.26. The molecule has 0 bridgehead atoms. The summed E-state index contributed by atoms with van der Waals surface area (Å²) in [5.74, 6) is -0.261. The topological polar surface area (TPSA) is 49.4 Å². The van der Waals surface area contributed by atoms with Gasteiger partial charge < -0.3 is 10.2 Å². The Balaban J connectivity index is 1.86. The third-order valence-corrected chi connectivity index (χ3v) is 5.51. The highest BCUT2D eigenvalue weighted by atomic mass is 35.5. The van der Waals surface area contributed by atoms with Gasteiger partial charge in [0.1, 0.15) is 0 Å². The lowest BCUT2D eigenvalue weighted by Crippen LogP contribution is -2.43. The number of nitrogens with one attached hydrogen (secondary N) is 1. The average molecular weight is 425 g/mol. The van der Waals surface area contributed by atoms with E-state index in [9.17, 15) is 9.59 Å². The molecule has 0 aliphatic carbocycles. The van der Waals surface area contributed by atoms with E-state index in [0.29, 0.717) is 23.1 Å². The Morgan fingerprint density at radius 1 is 1.04 bits per heavy atom. The van der Waals surface area contributed by atoms with E-state index in [4.69, 9.17) is 23.2 Å². The van der Waals surface area contributed by atoms with Crippen LogP contribution in [0.2, 0.25) is 10.0 Å². The lowest BCUT2D eigenvalue weighted by atomic mass is 10.2. The predicted octanol–water partition coefficient (Wildman–Crippen LogP) is 4.64. The summed E-state index contributed by atoms with van der Waals surface area (Å²) in [6.07, 6.45) is 0. The van der Waals surface area contributed by atoms with Crippen LogP contribution in [0.1, 0.15) is 19.4 Å². The van der Waals surface area contributed by atoms with E-state index in [-0.39, 0.29) is 23.6 Å². The maximum Gasteiger partial charge on any atom is 0.239 e. The molecule has 7 heteroatoms. The maximum atomic E-state index is 12.7. The highest BCUT2D eigenvalue weighted by Crippen LogP contribution is 2.25. The first-order valence-corrected chi connectivity index (χ1v) is 10.2. The molecule has 0 heterocycles. The fourth-order valence-corrected chi connectivity index (χ4v) is 3.61. The summed E-state index contributed by atoms with van der Waals surface area (Å²) in [6.45, 7) is 4.61. The summed E-state index contributed by atoms with van der Waals surface area (Å²) >= 11 is 13.2. The van der Waals surface area contributed by atoms with Crippen molar-refractivity contribution in [1.29, 1.82) is 0 Å². The van der Waals surface area contributed by atoms with Crippen molar-refractivity contribution < 1.29 is 9.59 Å². The Morgan fingerprint density at radius 3 is 2.15 bits per heavy atom. The van der Waals surface area contributed by atoms with E-state index in [1.165, 1.54) is 11.8 Å². The van der Waals surface area contributed by atoms with Gasteiger partial charge in [0.2, 0.25) is 11.8 Å². The molecule has 0 aliphatic heterocycles. The van der Waals surface area contributed by atoms with Crippen molar-refractivity contribution in [1.82, 2.24) is 10.2 Å². The molecule has 0 aromatic heterocycles. The number of hydrogen-bond acceptors (Lipinski definition) is 3. The fourth-order valence-electron chi connectivity index (χ4n) is 2.40. The molecule has 1 atom stereocenters. The molecule has 27 heavy (non-hydrogen) atoms. The van der Waals surface area contributed by atoms with Crippen LogP contribution in [0.4, 0.5) is 0 Å². The van der Waals surface area contributed by atoms with E-state index in [1.807, 2.05) is 38.1 Å². The Morgan fingerprint density at radius 2 is 1.59 bits per heavy atom. The average Bonchev–Trinajstić information content (AvgIpc) is 2.66. The molecule has 0 radical (unpaired) electrons. The second-order valence-electron chi connectivity index (χ2n) is 5.97. The van der Waals surface area contributed by atoms with Gasteiger partial charge in [-0.25, -0.2) is 0 Å². The first kappa shape index (κ1) is 21.6. The molecule has 2 aromatic carbocycles. The van der Waals surface area contributed by atoms with Crippen LogP contribution in [0.3, 0.4) is 0 Å². The van der Waals surface area contributed by atoms with Crippen LogP contribution in [-0.4, -0.2) is 35.1 Å². The Bertz CT molecular complexity index is 767. The summed E-state index contributed by atoms with van der Waals surface area (Å²) < 4.78 is 0. The number of benzene rings is 2. The first-order valence-electron chi connectivity index (χ1n) is 8.61. The summed E-state index contributed by atoms with van der Waals surface area (Å²) in [4.78, 5) is 27.4. The highest BCUT2D eigenvalue weighted by Gasteiger charge is 2.22. The lowest BCUT2D eigenvalue weighted by Gasteiger charge is -2.23. The number of halogens is 2. The Kier molecular flexibility index (Phi) is 8.48. The molecular weight excluding hydrogens is 403 g/mol. The van der Waals surface area contributed by atoms with Crippen molar-refractivity contribution in [3.8, 4) is 0 Å². The third-order valence-electron chi connectivity index (χ3n) is 3.91. The maximum absolute atomic E-state index is 12.7. The number of carbonyl (C=O) groups is 2. The molecule has 2 aromatic rings. The van der Waals surface area contributed by atoms with E-state index in [2.05, 4.69) is 5.32 Å². The molecule has 0 aliphatic rings. The molecule has 0 spiro atoms. The van der Waals surface area contributed by atoms with Gasteiger partial charge in [0.25, 0.3) is 0 Å². The van der Waals surface area contributed by atoms with Gasteiger partial charge in [-0.2, -0.15) is 0 Å². The predicted molar refractivity (Wildman–Crippen MR) is 112 cm³/mol. The Labute approximate surface area is 174 Å². The summed E-state index contributed by atoms with van der Waals surface area (Å²) in [7, 11) is 0. The van der Waals surface area contributed by atoms with Crippen molar-refractivity contribution in [3.63, 3.8) is 0 Å². The van der Waals surface area contributed by atoms with Crippen LogP contribution in [0, 0.1) is 0 Å². The minimum Gasteiger partial charge on any atom is -0.350 e. The van der Waals surface area contributed by atoms with E-state index in [0.717, 1.165) is 10.5 Å². The van der Waals surface area contributed by atoms with Crippen molar-refractivity contribution in [3.05, 3.63) is 64.1 Å². The SMILES string of the molecule is CCN(CC(=O)NCc1ccc(Cl)cc1)C(=O)C(C)Sc1ccc(Cl)cc1. The highest BCUT2D eigenvalue weighted by molar-refractivity contribution is 8.00. The third kappa shape index (κ3) is 7.09. The number of rotatable bonds is 8. The molecule has 1 N–H and O–H groups in total. The zero-order valence-electron chi connectivity index (χ0n) is 15.2. The lowest BCUT2D eigenvalue weighted by molar-refractivity contribution is -0.135. The van der Waals surface area contributed by atoms with Gasteiger partial charge >= 0.3 is 0 Å². The van der Waals surface area contributed by atoms with Crippen LogP contribution in [-0.2, 0) is 16.1 Å². The van der Waals surface area contributed by atoms with Gasteiger partial charge in [-0.1, -0.05) is 35.3 Å². The van der Waals surface area contributed by atoms with Crippen molar-refractivity contribution in [2.24, 2.45) is 0 Å². The monoisotopic (exact) mass is 424 g/mol. The summed E-state index contributed by atoms with van der Waals surface area (Å²) in [6, 6.07) is 14.6. The molecule has 1 unspecified atom stereocenters. The number of likely N-dealkylation sites (N-methyl/N-ethyl adjacent to an activating group) is 1. The zero-order chi connectivity index (χ0) is 19.8. The molecule has 0 fully saturated rings. The number of hydrogen-bond donors (Lipinski definition) is 1. The van der Waals surface area contributed by atoms with Crippen molar-refractivity contribution >= 4 is 46.8 Å². The number of amides is 2. The van der Waals surface area contributed by atoms with E-state index >= 15 is 0 Å². The molecule has 2 rings (SSSR count). The van der Waals surface area contributed by atoms with Gasteiger partial charge in [0.15, 0.2) is 0 Å². The van der Waals surface area contributed by atoms with Gasteiger partial charge in [0.05, 0.1) is 11.8 Å². The normalized spacial score (nSPS) is 11.7. The van der Waals surface area contributed by atoms with Crippen molar-refractivity contribution in [2.45, 2.75) is 30.5 Å². The van der Waals surface area contributed by atoms with Crippen LogP contribution in [0.15, 0.2) is 53.4 Å². The van der Waals surface area contributed by atoms with Crippen LogP contribution in [0.5, 0.6) is 0 Å². The van der Waals surface area contributed by atoms with E-state index in [1.54, 1.807) is 29.2 Å². The number of thioether (sulfide) groups is 1. The van der Waals surface area contributed by atoms with Gasteiger partial charge in [-0.15, -0.1) is 11.8 Å². The van der Waals surface area contributed by atoms with Crippen molar-refractivity contribution in [2.75, 3.05) is 13.1 Å². The van der Waals surface area contributed by atoms with E-state index < -0.39 is 0 Å². The van der Waals surface area contributed by atoms with Gasteiger partial charge in [0, 0.05) is 28.0 Å². The van der Waals surface area contributed by atoms with Crippen LogP contribution < -0.4 is 5.32 Å². The fraction of sp³-hybridized carbons (Fsp3) is 0.300. The summed E-state index contributed by atoms with van der Waals surface area (Å²) in [5.41, 5.74) is 0.953. The zero-order valence-corrected chi connectivity index (χ0v) is 17.6. The molecule has 0 saturated heterocycles. The summed E-state index contributed by atoms with van der Waals surface area (Å²) in [5, 5.41) is 3.85. The van der Waals surface area contributed by atoms with Crippen LogP contribution in [0.25, 0.3) is 0 Å². The minimum atomic E-state index is -0.296. The molecule has 0 saturated carbocycles. The number of nitrogens with zero attached hydrogens (tertiary/aromatic N) is 1. The van der Waals surface area contributed by atoms with Gasteiger partial charge in [-0.3, -0.25) is 9.59 Å².